The van der Waals surface area contributed by atoms with Crippen LogP contribution in [0.3, 0.4) is 0 Å². The Labute approximate surface area is 179 Å². The molecule has 1 fully saturated rings. The molecule has 2 aromatic heterocycles. The van der Waals surface area contributed by atoms with Crippen molar-refractivity contribution in [1.82, 2.24) is 14.5 Å². The van der Waals surface area contributed by atoms with E-state index in [1.165, 1.54) is 36.8 Å². The van der Waals surface area contributed by atoms with E-state index >= 15 is 0 Å². The Morgan fingerprint density at radius 3 is 2.44 bits per heavy atom. The lowest BCUT2D eigenvalue weighted by molar-refractivity contribution is -0.164. The van der Waals surface area contributed by atoms with E-state index < -0.39 is 48.1 Å². The maximum absolute atomic E-state index is 12.4. The summed E-state index contributed by atoms with van der Waals surface area (Å²) in [5.74, 6) is -2.49. The van der Waals surface area contributed by atoms with Gasteiger partial charge in [-0.15, -0.1) is 0 Å². The topological polar surface area (TPSA) is 168 Å². The Hall–Kier alpha value is -4.10. The highest BCUT2D eigenvalue weighted by Gasteiger charge is 2.51. The summed E-state index contributed by atoms with van der Waals surface area (Å²) in [5, 5.41) is 8.92. The van der Waals surface area contributed by atoms with Crippen LogP contribution in [0, 0.1) is 0 Å². The molecule has 0 bridgehead atoms. The van der Waals surface area contributed by atoms with Crippen molar-refractivity contribution in [2.45, 2.75) is 24.5 Å². The van der Waals surface area contributed by atoms with Crippen molar-refractivity contribution in [3.63, 3.8) is 0 Å². The Bertz CT molecular complexity index is 1120. The van der Waals surface area contributed by atoms with Gasteiger partial charge in [-0.3, -0.25) is 20.2 Å². The summed E-state index contributed by atoms with van der Waals surface area (Å²) < 4.78 is 22.7. The Morgan fingerprint density at radius 1 is 1.09 bits per heavy atom. The number of anilines is 1. The number of rotatable bonds is 5. The molecular weight excluding hydrogens is 428 g/mol. The zero-order valence-corrected chi connectivity index (χ0v) is 16.2. The Kier molecular flexibility index (Phi) is 5.91. The molecule has 0 spiro atoms. The summed E-state index contributed by atoms with van der Waals surface area (Å²) in [4.78, 5) is 56.1. The predicted octanol–water partition coefficient (Wildman–Crippen LogP) is -0.413. The van der Waals surface area contributed by atoms with E-state index in [2.05, 4.69) is 9.97 Å². The fraction of sp³-hybridized carbons (Fsp3) is 0.263. The zero-order valence-electron chi connectivity index (χ0n) is 16.2. The van der Waals surface area contributed by atoms with Crippen LogP contribution >= 0.6 is 0 Å². The van der Waals surface area contributed by atoms with E-state index in [1.54, 1.807) is 5.48 Å². The first-order valence-electron chi connectivity index (χ1n) is 9.27. The Morgan fingerprint density at radius 2 is 1.78 bits per heavy atom. The van der Waals surface area contributed by atoms with Crippen LogP contribution in [0.25, 0.3) is 0 Å². The minimum atomic E-state index is -1.25. The number of hydrogen-bond donors (Lipinski definition) is 2. The standard InChI is InChI=1S/C19H16N4O9/c24-13-1-2-14(25)32-16-15(31-13)11(9-29-18(26)10-3-6-20-7-4-10)30-17(16)23-8-5-12(22-28)21-19(23)27/h1-8,11,15-17,28H,9H2,(H,21,22,27)/b2-1-/t11-,15-,16-,17-/m1/s1. The van der Waals surface area contributed by atoms with E-state index in [0.717, 1.165) is 16.7 Å². The molecule has 4 rings (SSSR count). The molecule has 0 aromatic carbocycles. The molecule has 166 valence electrons. The van der Waals surface area contributed by atoms with Crippen molar-refractivity contribution < 1.29 is 38.5 Å². The maximum Gasteiger partial charge on any atom is 0.351 e. The predicted molar refractivity (Wildman–Crippen MR) is 101 cm³/mol. The van der Waals surface area contributed by atoms with Crippen molar-refractivity contribution in [2.75, 3.05) is 12.1 Å². The molecule has 0 radical (unpaired) electrons. The highest BCUT2D eigenvalue weighted by molar-refractivity contribution is 5.92. The normalized spacial score (nSPS) is 25.5. The second-order valence-electron chi connectivity index (χ2n) is 6.65. The molecule has 2 aromatic rings. The van der Waals surface area contributed by atoms with E-state index in [9.17, 15) is 19.2 Å². The van der Waals surface area contributed by atoms with Gasteiger partial charge in [-0.05, 0) is 18.2 Å². The first-order valence-corrected chi connectivity index (χ1v) is 9.27. The molecule has 32 heavy (non-hydrogen) atoms. The average Bonchev–Trinajstić information content (AvgIpc) is 3.11. The molecule has 1 saturated heterocycles. The number of nitrogens with zero attached hydrogens (tertiary/aromatic N) is 3. The molecule has 4 heterocycles. The summed E-state index contributed by atoms with van der Waals surface area (Å²) in [6, 6.07) is 4.18. The number of carbonyl (C=O) groups excluding carboxylic acids is 3. The van der Waals surface area contributed by atoms with Crippen molar-refractivity contribution in [1.29, 1.82) is 0 Å². The molecule has 13 nitrogen and oxygen atoms in total. The maximum atomic E-state index is 12.4. The number of carbonyl (C=O) groups is 3. The number of aromatic nitrogens is 3. The molecule has 4 atom stereocenters. The third-order valence-electron chi connectivity index (χ3n) is 4.66. The summed E-state index contributed by atoms with van der Waals surface area (Å²) in [7, 11) is 0. The highest BCUT2D eigenvalue weighted by Crippen LogP contribution is 2.34. The largest absolute Gasteiger partial charge is 0.459 e. The molecule has 0 saturated carbocycles. The molecule has 0 unspecified atom stereocenters. The van der Waals surface area contributed by atoms with Gasteiger partial charge in [0, 0.05) is 30.7 Å². The molecule has 0 aliphatic carbocycles. The van der Waals surface area contributed by atoms with Crippen molar-refractivity contribution in [2.24, 2.45) is 0 Å². The molecular formula is C19H16N4O9. The second kappa shape index (κ2) is 8.95. The van der Waals surface area contributed by atoms with Gasteiger partial charge in [0.1, 0.15) is 12.7 Å². The van der Waals surface area contributed by atoms with Crippen molar-refractivity contribution in [3.8, 4) is 0 Å². The number of hydrogen-bond acceptors (Lipinski definition) is 12. The van der Waals surface area contributed by atoms with Crippen LogP contribution in [0.5, 0.6) is 0 Å². The average molecular weight is 444 g/mol. The van der Waals surface area contributed by atoms with Crippen LogP contribution < -0.4 is 11.2 Å². The summed E-state index contributed by atoms with van der Waals surface area (Å²) >= 11 is 0. The van der Waals surface area contributed by atoms with Crippen molar-refractivity contribution in [3.05, 3.63) is 65.0 Å². The van der Waals surface area contributed by atoms with Gasteiger partial charge in [0.05, 0.1) is 5.56 Å². The van der Waals surface area contributed by atoms with E-state index in [0.29, 0.717) is 0 Å². The quantitative estimate of drug-likeness (QED) is 0.348. The Balaban J connectivity index is 1.61. The van der Waals surface area contributed by atoms with Crippen LogP contribution in [0.2, 0.25) is 0 Å². The molecule has 13 heteroatoms. The van der Waals surface area contributed by atoms with Crippen LogP contribution in [0.15, 0.2) is 53.7 Å². The van der Waals surface area contributed by atoms with Gasteiger partial charge >= 0.3 is 23.6 Å². The van der Waals surface area contributed by atoms with Gasteiger partial charge in [0.25, 0.3) is 0 Å². The lowest BCUT2D eigenvalue weighted by Crippen LogP contribution is -2.43. The van der Waals surface area contributed by atoms with Gasteiger partial charge in [0.15, 0.2) is 24.3 Å². The monoisotopic (exact) mass is 444 g/mol. The highest BCUT2D eigenvalue weighted by atomic mass is 16.7. The number of ether oxygens (including phenoxy) is 4. The fourth-order valence-corrected chi connectivity index (χ4v) is 3.21. The third kappa shape index (κ3) is 4.33. The van der Waals surface area contributed by atoms with Gasteiger partial charge in [-0.1, -0.05) is 0 Å². The SMILES string of the molecule is O=C1/C=C\C(=O)O[C@H]2[C@@H](O1)[C@H](n1ccc(NO)nc1=O)O[C@@H]2COC(=O)c1ccncc1. The number of esters is 3. The van der Waals surface area contributed by atoms with E-state index in [1.807, 2.05) is 0 Å². The lowest BCUT2D eigenvalue weighted by Gasteiger charge is -2.25. The van der Waals surface area contributed by atoms with Crippen LogP contribution in [-0.2, 0) is 28.5 Å². The summed E-state index contributed by atoms with van der Waals surface area (Å²) in [6.45, 7) is -0.369. The van der Waals surface area contributed by atoms with Crippen LogP contribution in [0.4, 0.5) is 5.82 Å². The number of nitrogens with one attached hydrogen (secondary N) is 1. The minimum Gasteiger partial charge on any atom is -0.459 e. The summed E-state index contributed by atoms with van der Waals surface area (Å²) in [5.41, 5.74) is 1.13. The zero-order chi connectivity index (χ0) is 22.7. The molecule has 2 N–H and O–H groups in total. The third-order valence-corrected chi connectivity index (χ3v) is 4.66. The smallest absolute Gasteiger partial charge is 0.351 e. The first-order chi connectivity index (χ1) is 15.5. The number of fused-ring (bicyclic) bond motifs is 1. The van der Waals surface area contributed by atoms with Crippen molar-refractivity contribution >= 4 is 23.7 Å². The first kappa shape index (κ1) is 21.1. The number of pyridine rings is 1. The van der Waals surface area contributed by atoms with Gasteiger partial charge in [-0.25, -0.2) is 19.2 Å². The lowest BCUT2D eigenvalue weighted by atomic mass is 10.1. The van der Waals surface area contributed by atoms with Gasteiger partial charge in [0.2, 0.25) is 0 Å². The minimum absolute atomic E-state index is 0.118. The van der Waals surface area contributed by atoms with Crippen LogP contribution in [-0.4, -0.2) is 62.6 Å². The van der Waals surface area contributed by atoms with E-state index in [-0.39, 0.29) is 18.0 Å². The van der Waals surface area contributed by atoms with Gasteiger partial charge in [-0.2, -0.15) is 4.98 Å². The summed E-state index contributed by atoms with van der Waals surface area (Å²) in [6.07, 6.45) is 1.10. The van der Waals surface area contributed by atoms with Gasteiger partial charge < -0.3 is 18.9 Å². The van der Waals surface area contributed by atoms with E-state index in [4.69, 9.17) is 24.2 Å². The molecule has 0 amide bonds. The van der Waals surface area contributed by atoms with Crippen LogP contribution in [0.1, 0.15) is 16.6 Å². The molecule has 2 aliphatic rings. The fourth-order valence-electron chi connectivity index (χ4n) is 3.21. The second-order valence-corrected chi connectivity index (χ2v) is 6.65. The molecule has 2 aliphatic heterocycles.